The zero-order chi connectivity index (χ0) is 13.3. The average molecular weight is 306 g/mol. The number of rotatable bonds is 4. The average Bonchev–Trinajstić information content (AvgIpc) is 2.85. The topological polar surface area (TPSA) is 20.3 Å². The molecule has 1 aliphatic heterocycles. The van der Waals surface area contributed by atoms with E-state index in [1.807, 2.05) is 0 Å². The second kappa shape index (κ2) is 5.91. The maximum Gasteiger partial charge on any atom is 0.179 e. The minimum Gasteiger partial charge on any atom is -0.293 e. The number of hydrogen-bond donors (Lipinski definition) is 0. The van der Waals surface area contributed by atoms with E-state index in [1.54, 1.807) is 6.07 Å². The molecule has 1 atom stereocenters. The fourth-order valence-electron chi connectivity index (χ4n) is 2.60. The number of halogens is 2. The summed E-state index contributed by atoms with van der Waals surface area (Å²) in [6, 6.07) is 2.19. The van der Waals surface area contributed by atoms with E-state index in [4.69, 9.17) is 23.2 Å². The predicted octanol–water partition coefficient (Wildman–Crippen LogP) is 4.36. The van der Waals surface area contributed by atoms with Crippen LogP contribution in [0.15, 0.2) is 6.07 Å². The molecule has 0 saturated carbocycles. The van der Waals surface area contributed by atoms with Gasteiger partial charge in [0, 0.05) is 6.04 Å². The van der Waals surface area contributed by atoms with E-state index in [0.717, 1.165) is 6.54 Å². The van der Waals surface area contributed by atoms with Gasteiger partial charge in [-0.25, -0.2) is 0 Å². The molecule has 0 radical (unpaired) electrons. The van der Waals surface area contributed by atoms with Crippen molar-refractivity contribution in [2.45, 2.75) is 32.7 Å². The maximum absolute atomic E-state index is 12.2. The van der Waals surface area contributed by atoms with Crippen molar-refractivity contribution in [1.29, 1.82) is 0 Å². The van der Waals surface area contributed by atoms with E-state index >= 15 is 0 Å². The van der Waals surface area contributed by atoms with Gasteiger partial charge < -0.3 is 0 Å². The first-order chi connectivity index (χ1) is 8.49. The first-order valence-electron chi connectivity index (χ1n) is 6.21. The molecule has 1 aromatic heterocycles. The number of Topliss-reactive ketones (excluding diaryl/α,β-unsaturated/α-hetero) is 1. The molecule has 1 saturated heterocycles. The Balaban J connectivity index is 2.05. The van der Waals surface area contributed by atoms with Gasteiger partial charge in [0.05, 0.1) is 16.4 Å². The van der Waals surface area contributed by atoms with Gasteiger partial charge in [0.1, 0.15) is 4.34 Å². The fourth-order valence-corrected chi connectivity index (χ4v) is 4.10. The summed E-state index contributed by atoms with van der Waals surface area (Å²) in [5, 5.41) is 0. The summed E-state index contributed by atoms with van der Waals surface area (Å²) in [5.74, 6) is 0.664. The molecule has 0 bridgehead atoms. The van der Waals surface area contributed by atoms with E-state index in [2.05, 4.69) is 18.7 Å². The molecule has 1 aromatic rings. The van der Waals surface area contributed by atoms with Gasteiger partial charge in [-0.15, -0.1) is 11.3 Å². The largest absolute Gasteiger partial charge is 0.293 e. The van der Waals surface area contributed by atoms with Crippen molar-refractivity contribution in [3.63, 3.8) is 0 Å². The van der Waals surface area contributed by atoms with Crippen LogP contribution in [0.5, 0.6) is 0 Å². The number of carbonyl (C=O) groups excluding carboxylic acids is 1. The summed E-state index contributed by atoms with van der Waals surface area (Å²) in [5.41, 5.74) is 0.570. The molecule has 100 valence electrons. The minimum absolute atomic E-state index is 0.0794. The molecule has 2 heterocycles. The molecule has 2 rings (SSSR count). The zero-order valence-electron chi connectivity index (χ0n) is 10.6. The van der Waals surface area contributed by atoms with Gasteiger partial charge in [0.15, 0.2) is 5.78 Å². The molecule has 0 N–H and O–H groups in total. The van der Waals surface area contributed by atoms with Crippen LogP contribution in [0, 0.1) is 5.92 Å². The van der Waals surface area contributed by atoms with Crippen molar-refractivity contribution in [3.8, 4) is 0 Å². The summed E-state index contributed by atoms with van der Waals surface area (Å²) >= 11 is 13.1. The predicted molar refractivity (Wildman–Crippen MR) is 78.1 cm³/mol. The number of nitrogens with zero attached hydrogens (tertiary/aromatic N) is 1. The second-order valence-corrected chi connectivity index (χ2v) is 7.37. The molecule has 0 aliphatic carbocycles. The van der Waals surface area contributed by atoms with Gasteiger partial charge >= 0.3 is 0 Å². The highest BCUT2D eigenvalue weighted by Gasteiger charge is 2.29. The van der Waals surface area contributed by atoms with Crippen LogP contribution < -0.4 is 0 Å². The Hall–Kier alpha value is -0.0900. The zero-order valence-corrected chi connectivity index (χ0v) is 12.9. The minimum atomic E-state index is 0.0794. The Morgan fingerprint density at radius 3 is 2.83 bits per heavy atom. The first-order valence-corrected chi connectivity index (χ1v) is 7.78. The van der Waals surface area contributed by atoms with Crippen LogP contribution in [0.2, 0.25) is 8.67 Å². The summed E-state index contributed by atoms with van der Waals surface area (Å²) in [7, 11) is 0. The molecular weight excluding hydrogens is 289 g/mol. The molecule has 0 spiro atoms. The van der Waals surface area contributed by atoms with Crippen LogP contribution in [0.25, 0.3) is 0 Å². The highest BCUT2D eigenvalue weighted by Crippen LogP contribution is 2.32. The Morgan fingerprint density at radius 1 is 1.56 bits per heavy atom. The first kappa shape index (κ1) is 14.3. The lowest BCUT2D eigenvalue weighted by atomic mass is 10.0. The second-order valence-electron chi connectivity index (χ2n) is 5.09. The van der Waals surface area contributed by atoms with Crippen molar-refractivity contribution in [1.82, 2.24) is 4.90 Å². The lowest BCUT2D eigenvalue weighted by molar-refractivity contribution is 0.0904. The smallest absolute Gasteiger partial charge is 0.179 e. The van der Waals surface area contributed by atoms with Crippen LogP contribution >= 0.6 is 34.5 Å². The molecular formula is C13H17Cl2NOS. The number of hydrogen-bond acceptors (Lipinski definition) is 3. The van der Waals surface area contributed by atoms with E-state index in [0.29, 0.717) is 32.7 Å². The van der Waals surface area contributed by atoms with Gasteiger partial charge in [-0.2, -0.15) is 0 Å². The van der Waals surface area contributed by atoms with Gasteiger partial charge in [0.2, 0.25) is 0 Å². The number of carbonyl (C=O) groups is 1. The normalized spacial score (nSPS) is 20.8. The molecule has 1 aliphatic rings. The van der Waals surface area contributed by atoms with Crippen molar-refractivity contribution >= 4 is 40.3 Å². The van der Waals surface area contributed by atoms with Crippen molar-refractivity contribution in [2.24, 2.45) is 5.92 Å². The van der Waals surface area contributed by atoms with E-state index in [9.17, 15) is 4.79 Å². The van der Waals surface area contributed by atoms with Gasteiger partial charge in [-0.1, -0.05) is 37.0 Å². The lowest BCUT2D eigenvalue weighted by Gasteiger charge is -2.26. The Bertz CT molecular complexity index is 444. The van der Waals surface area contributed by atoms with Crippen LogP contribution in [-0.4, -0.2) is 29.8 Å². The molecule has 1 unspecified atom stereocenters. The van der Waals surface area contributed by atoms with Crippen molar-refractivity contribution < 1.29 is 4.79 Å². The molecule has 2 nitrogen and oxygen atoms in total. The molecule has 5 heteroatoms. The maximum atomic E-state index is 12.2. The van der Waals surface area contributed by atoms with Gasteiger partial charge in [0.25, 0.3) is 0 Å². The number of thiophene rings is 1. The van der Waals surface area contributed by atoms with Gasteiger partial charge in [-0.3, -0.25) is 9.69 Å². The third-order valence-electron chi connectivity index (χ3n) is 3.49. The monoisotopic (exact) mass is 305 g/mol. The highest BCUT2D eigenvalue weighted by atomic mass is 35.5. The summed E-state index contributed by atoms with van der Waals surface area (Å²) in [6.07, 6.45) is 2.36. The van der Waals surface area contributed by atoms with E-state index in [1.165, 1.54) is 24.2 Å². The third kappa shape index (κ3) is 3.08. The molecule has 0 amide bonds. The highest BCUT2D eigenvalue weighted by molar-refractivity contribution is 7.20. The van der Waals surface area contributed by atoms with Crippen LogP contribution in [0.3, 0.4) is 0 Å². The molecule has 0 aromatic carbocycles. The lowest BCUT2D eigenvalue weighted by Crippen LogP contribution is -2.37. The van der Waals surface area contributed by atoms with Gasteiger partial charge in [-0.05, 0) is 31.4 Å². The summed E-state index contributed by atoms with van der Waals surface area (Å²) in [4.78, 5) is 14.5. The van der Waals surface area contributed by atoms with Crippen LogP contribution in [-0.2, 0) is 0 Å². The molecule has 18 heavy (non-hydrogen) atoms. The number of ketones is 1. The van der Waals surface area contributed by atoms with Crippen molar-refractivity contribution in [3.05, 3.63) is 20.3 Å². The summed E-state index contributed by atoms with van der Waals surface area (Å²) < 4.78 is 1.08. The van der Waals surface area contributed by atoms with Crippen molar-refractivity contribution in [2.75, 3.05) is 13.1 Å². The van der Waals surface area contributed by atoms with E-state index in [-0.39, 0.29) is 5.78 Å². The molecule has 1 fully saturated rings. The Kier molecular flexibility index (Phi) is 4.70. The quantitative estimate of drug-likeness (QED) is 0.770. The SMILES string of the molecule is CC(C)C1CCCN1CC(=O)c1cc(Cl)sc1Cl. The fraction of sp³-hybridized carbons (Fsp3) is 0.615. The summed E-state index contributed by atoms with van der Waals surface area (Å²) in [6.45, 7) is 5.88. The standard InChI is InChI=1S/C13H17Cl2NOS/c1-8(2)10-4-3-5-16(10)7-11(17)9-6-12(14)18-13(9)15/h6,8,10H,3-5,7H2,1-2H3. The number of likely N-dealkylation sites (tertiary alicyclic amines) is 1. The van der Waals surface area contributed by atoms with E-state index < -0.39 is 0 Å². The third-order valence-corrected chi connectivity index (χ3v) is 4.98. The Labute approximate surface area is 122 Å². The van der Waals surface area contributed by atoms with Crippen LogP contribution in [0.1, 0.15) is 37.0 Å². The van der Waals surface area contributed by atoms with Crippen LogP contribution in [0.4, 0.5) is 0 Å². The Morgan fingerprint density at radius 2 is 2.28 bits per heavy atom.